The molecule has 3 N–H and O–H groups in total. The first-order chi connectivity index (χ1) is 8.08. The maximum absolute atomic E-state index is 13.4. The summed E-state index contributed by atoms with van der Waals surface area (Å²) in [5, 5.41) is 15.9. The summed E-state index contributed by atoms with van der Waals surface area (Å²) >= 11 is 0. The van der Waals surface area contributed by atoms with Crippen molar-refractivity contribution in [1.82, 2.24) is 15.2 Å². The third-order valence-electron chi connectivity index (χ3n) is 2.07. The number of benzene rings is 1. The fourth-order valence-electron chi connectivity index (χ4n) is 1.26. The van der Waals surface area contributed by atoms with Gasteiger partial charge in [0.1, 0.15) is 11.5 Å². The molecular formula is C10H7FN4O2. The van der Waals surface area contributed by atoms with E-state index >= 15 is 0 Å². The lowest BCUT2D eigenvalue weighted by molar-refractivity contribution is 0.0692. The maximum atomic E-state index is 13.4. The van der Waals surface area contributed by atoms with Crippen LogP contribution in [0.3, 0.4) is 0 Å². The van der Waals surface area contributed by atoms with Gasteiger partial charge in [0.2, 0.25) is 5.95 Å². The van der Waals surface area contributed by atoms with Crippen LogP contribution in [0.4, 0.5) is 10.3 Å². The second-order valence-corrected chi connectivity index (χ2v) is 3.20. The van der Waals surface area contributed by atoms with Crippen molar-refractivity contribution in [2.75, 3.05) is 5.73 Å². The first-order valence-electron chi connectivity index (χ1n) is 4.56. The van der Waals surface area contributed by atoms with Crippen LogP contribution in [0, 0.1) is 5.82 Å². The van der Waals surface area contributed by atoms with Gasteiger partial charge in [0.15, 0.2) is 0 Å². The van der Waals surface area contributed by atoms with Gasteiger partial charge in [-0.2, -0.15) is 0 Å². The van der Waals surface area contributed by atoms with E-state index in [9.17, 15) is 9.18 Å². The molecule has 0 aliphatic carbocycles. The molecule has 86 valence electrons. The number of carboxylic acids is 1. The van der Waals surface area contributed by atoms with Gasteiger partial charge in [-0.15, -0.1) is 10.2 Å². The van der Waals surface area contributed by atoms with E-state index in [4.69, 9.17) is 10.8 Å². The van der Waals surface area contributed by atoms with Gasteiger partial charge in [0.05, 0.1) is 11.8 Å². The zero-order valence-corrected chi connectivity index (χ0v) is 8.46. The molecule has 2 aromatic rings. The Balaban J connectivity index is 2.44. The van der Waals surface area contributed by atoms with Crippen LogP contribution in [-0.4, -0.2) is 26.3 Å². The van der Waals surface area contributed by atoms with E-state index in [-0.39, 0.29) is 5.95 Å². The van der Waals surface area contributed by atoms with Crippen molar-refractivity contribution in [3.63, 3.8) is 0 Å². The fourth-order valence-corrected chi connectivity index (χ4v) is 1.26. The van der Waals surface area contributed by atoms with Gasteiger partial charge in [0, 0.05) is 5.56 Å². The number of carboxylic acid groups (broad SMARTS) is 1. The van der Waals surface area contributed by atoms with E-state index in [2.05, 4.69) is 15.2 Å². The molecule has 1 aromatic heterocycles. The molecule has 0 atom stereocenters. The van der Waals surface area contributed by atoms with Crippen molar-refractivity contribution in [3.8, 4) is 11.3 Å². The number of rotatable bonds is 2. The Morgan fingerprint density at radius 1 is 1.35 bits per heavy atom. The van der Waals surface area contributed by atoms with Crippen LogP contribution >= 0.6 is 0 Å². The molecule has 0 aliphatic rings. The summed E-state index contributed by atoms with van der Waals surface area (Å²) in [6, 6.07) is 3.64. The van der Waals surface area contributed by atoms with E-state index in [1.54, 1.807) is 0 Å². The number of nitrogen functional groups attached to an aromatic ring is 1. The van der Waals surface area contributed by atoms with Crippen molar-refractivity contribution < 1.29 is 14.3 Å². The fraction of sp³-hybridized carbons (Fsp3) is 0. The Kier molecular flexibility index (Phi) is 2.65. The number of nitrogens with zero attached hydrogens (tertiary/aromatic N) is 3. The maximum Gasteiger partial charge on any atom is 0.338 e. The molecule has 1 aromatic carbocycles. The van der Waals surface area contributed by atoms with E-state index < -0.39 is 17.3 Å². The van der Waals surface area contributed by atoms with Gasteiger partial charge in [-0.25, -0.2) is 14.2 Å². The highest BCUT2D eigenvalue weighted by molar-refractivity contribution is 5.88. The van der Waals surface area contributed by atoms with E-state index in [1.807, 2.05) is 0 Å². The van der Waals surface area contributed by atoms with Crippen LogP contribution in [0.25, 0.3) is 11.3 Å². The zero-order valence-electron chi connectivity index (χ0n) is 8.46. The Bertz CT molecular complexity index is 571. The summed E-state index contributed by atoms with van der Waals surface area (Å²) < 4.78 is 13.4. The van der Waals surface area contributed by atoms with Gasteiger partial charge in [0.25, 0.3) is 0 Å². The van der Waals surface area contributed by atoms with Gasteiger partial charge in [-0.05, 0) is 12.1 Å². The van der Waals surface area contributed by atoms with Crippen LogP contribution in [0.1, 0.15) is 10.4 Å². The Labute approximate surface area is 94.9 Å². The molecule has 0 fully saturated rings. The molecule has 17 heavy (non-hydrogen) atoms. The lowest BCUT2D eigenvalue weighted by atomic mass is 10.1. The summed E-state index contributed by atoms with van der Waals surface area (Å²) in [5.41, 5.74) is 5.56. The van der Waals surface area contributed by atoms with E-state index in [0.29, 0.717) is 11.3 Å². The minimum absolute atomic E-state index is 0.0105. The zero-order chi connectivity index (χ0) is 12.4. The van der Waals surface area contributed by atoms with Gasteiger partial charge >= 0.3 is 5.97 Å². The third-order valence-corrected chi connectivity index (χ3v) is 2.07. The van der Waals surface area contributed by atoms with Crippen molar-refractivity contribution in [1.29, 1.82) is 0 Å². The van der Waals surface area contributed by atoms with Crippen LogP contribution in [0.5, 0.6) is 0 Å². The van der Waals surface area contributed by atoms with Crippen molar-refractivity contribution in [2.45, 2.75) is 0 Å². The predicted octanol–water partition coefficient (Wildman–Crippen LogP) is 0.958. The summed E-state index contributed by atoms with van der Waals surface area (Å²) in [6.45, 7) is 0. The number of aromatic carboxylic acids is 1. The topological polar surface area (TPSA) is 102 Å². The minimum atomic E-state index is -1.32. The second-order valence-electron chi connectivity index (χ2n) is 3.20. The first-order valence-corrected chi connectivity index (χ1v) is 4.56. The number of halogens is 1. The predicted molar refractivity (Wildman–Crippen MR) is 56.6 cm³/mol. The highest BCUT2D eigenvalue weighted by Crippen LogP contribution is 2.19. The Morgan fingerprint density at radius 2 is 2.12 bits per heavy atom. The van der Waals surface area contributed by atoms with Crippen LogP contribution in [0.15, 0.2) is 24.4 Å². The molecule has 6 nitrogen and oxygen atoms in total. The summed E-state index contributed by atoms with van der Waals surface area (Å²) in [5.74, 6) is -2.15. The number of nitrogens with two attached hydrogens (primary N) is 1. The molecule has 0 saturated heterocycles. The Hall–Kier alpha value is -2.57. The highest BCUT2D eigenvalue weighted by Gasteiger charge is 2.11. The van der Waals surface area contributed by atoms with Gasteiger partial charge < -0.3 is 10.8 Å². The third kappa shape index (κ3) is 2.17. The molecule has 0 spiro atoms. The number of aromatic nitrogens is 3. The first kappa shape index (κ1) is 10.9. The minimum Gasteiger partial charge on any atom is -0.478 e. The Morgan fingerprint density at radius 3 is 2.65 bits per heavy atom. The monoisotopic (exact) mass is 234 g/mol. The molecule has 0 amide bonds. The smallest absolute Gasteiger partial charge is 0.338 e. The molecule has 1 heterocycles. The van der Waals surface area contributed by atoms with Crippen molar-refractivity contribution >= 4 is 11.9 Å². The second kappa shape index (κ2) is 4.12. The van der Waals surface area contributed by atoms with Crippen molar-refractivity contribution in [3.05, 3.63) is 35.8 Å². The van der Waals surface area contributed by atoms with Crippen molar-refractivity contribution in [2.24, 2.45) is 0 Å². The van der Waals surface area contributed by atoms with Gasteiger partial charge in [-0.3, -0.25) is 0 Å². The standard InChI is InChI=1S/C10H7FN4O2/c11-7-3-5(1-2-6(7)9(16)17)8-4-13-10(12)15-14-8/h1-4H,(H,16,17)(H2,12,13,15). The lowest BCUT2D eigenvalue weighted by Crippen LogP contribution is -2.01. The number of anilines is 1. The van der Waals surface area contributed by atoms with E-state index in [0.717, 1.165) is 12.1 Å². The molecule has 0 unspecified atom stereocenters. The van der Waals surface area contributed by atoms with Gasteiger partial charge in [-0.1, -0.05) is 6.07 Å². The summed E-state index contributed by atoms with van der Waals surface area (Å²) in [6.07, 6.45) is 1.33. The molecule has 2 rings (SSSR count). The average Bonchev–Trinajstić information content (AvgIpc) is 2.29. The quantitative estimate of drug-likeness (QED) is 0.802. The highest BCUT2D eigenvalue weighted by atomic mass is 19.1. The van der Waals surface area contributed by atoms with Crippen LogP contribution < -0.4 is 5.73 Å². The molecule has 0 bridgehead atoms. The average molecular weight is 234 g/mol. The molecule has 7 heteroatoms. The lowest BCUT2D eigenvalue weighted by Gasteiger charge is -2.02. The van der Waals surface area contributed by atoms with Crippen LogP contribution in [-0.2, 0) is 0 Å². The summed E-state index contributed by atoms with van der Waals surface area (Å²) in [7, 11) is 0. The SMILES string of the molecule is Nc1ncc(-c2ccc(C(=O)O)c(F)c2)nn1. The summed E-state index contributed by atoms with van der Waals surface area (Å²) in [4.78, 5) is 14.3. The van der Waals surface area contributed by atoms with Crippen LogP contribution in [0.2, 0.25) is 0 Å². The number of hydrogen-bond donors (Lipinski definition) is 2. The largest absolute Gasteiger partial charge is 0.478 e. The molecule has 0 aliphatic heterocycles. The van der Waals surface area contributed by atoms with E-state index in [1.165, 1.54) is 12.3 Å². The normalized spacial score (nSPS) is 10.2. The molecule has 0 saturated carbocycles. The molecular weight excluding hydrogens is 227 g/mol. The molecule has 0 radical (unpaired) electrons. The number of hydrogen-bond acceptors (Lipinski definition) is 5. The number of carbonyl (C=O) groups is 1.